The molecule has 2 rings (SSSR count). The van der Waals surface area contributed by atoms with E-state index < -0.39 is 0 Å². The second kappa shape index (κ2) is 3.91. The van der Waals surface area contributed by atoms with E-state index >= 15 is 0 Å². The number of aromatic amines is 1. The van der Waals surface area contributed by atoms with Gasteiger partial charge < -0.3 is 10.7 Å². The third kappa shape index (κ3) is 2.49. The highest BCUT2D eigenvalue weighted by Crippen LogP contribution is 2.25. The number of hydrogen-bond acceptors (Lipinski definition) is 2. The lowest BCUT2D eigenvalue weighted by molar-refractivity contribution is 0.0936. The number of benzene rings is 1. The van der Waals surface area contributed by atoms with Crippen LogP contribution in [-0.4, -0.2) is 10.8 Å². The van der Waals surface area contributed by atoms with Gasteiger partial charge in [-0.3, -0.25) is 4.79 Å². The molecule has 0 saturated carbocycles. The molecule has 1 aromatic carbocycles. The number of Topliss-reactive ketones (excluding diaryl/α,β-unsaturated/α-hetero) is 1. The van der Waals surface area contributed by atoms with E-state index in [1.54, 1.807) is 0 Å². The van der Waals surface area contributed by atoms with E-state index in [9.17, 15) is 4.79 Å². The predicted molar refractivity (Wildman–Crippen MR) is 71.1 cm³/mol. The first kappa shape index (κ1) is 11.7. The Labute approximate surface area is 101 Å². The largest absolute Gasteiger partial charge is 0.397 e. The Bertz CT molecular complexity index is 561. The van der Waals surface area contributed by atoms with Gasteiger partial charge in [-0.25, -0.2) is 0 Å². The first-order valence-electron chi connectivity index (χ1n) is 5.77. The maximum absolute atomic E-state index is 12.1. The number of para-hydroxylation sites is 1. The van der Waals surface area contributed by atoms with Gasteiger partial charge in [0.1, 0.15) is 0 Å². The molecule has 1 heterocycles. The van der Waals surface area contributed by atoms with Crippen LogP contribution >= 0.6 is 0 Å². The first-order valence-corrected chi connectivity index (χ1v) is 5.77. The molecule has 0 spiro atoms. The number of nitrogens with two attached hydrogens (primary N) is 1. The number of nitrogen functional groups attached to an aromatic ring is 1. The quantitative estimate of drug-likeness (QED) is 0.614. The second-order valence-corrected chi connectivity index (χ2v) is 5.66. The molecule has 90 valence electrons. The van der Waals surface area contributed by atoms with Gasteiger partial charge in [-0.15, -0.1) is 0 Å². The van der Waals surface area contributed by atoms with Gasteiger partial charge in [0.25, 0.3) is 0 Å². The highest BCUT2D eigenvalue weighted by Gasteiger charge is 2.18. The molecule has 0 unspecified atom stereocenters. The number of ketones is 1. The van der Waals surface area contributed by atoms with E-state index in [0.717, 1.165) is 10.9 Å². The van der Waals surface area contributed by atoms with Crippen molar-refractivity contribution in [1.29, 1.82) is 0 Å². The van der Waals surface area contributed by atoms with Crippen molar-refractivity contribution >= 4 is 22.4 Å². The van der Waals surface area contributed by atoms with E-state index in [2.05, 4.69) is 25.8 Å². The average Bonchev–Trinajstić information content (AvgIpc) is 2.60. The Hall–Kier alpha value is -1.77. The number of rotatable bonds is 2. The van der Waals surface area contributed by atoms with Crippen LogP contribution in [0.1, 0.15) is 37.7 Å². The predicted octanol–water partition coefficient (Wildman–Crippen LogP) is 3.37. The minimum atomic E-state index is -0.0000769. The van der Waals surface area contributed by atoms with Crippen molar-refractivity contribution < 1.29 is 4.79 Å². The minimum Gasteiger partial charge on any atom is -0.397 e. The third-order valence-electron chi connectivity index (χ3n) is 2.68. The molecular weight excluding hydrogens is 212 g/mol. The number of carbonyl (C=O) groups excluding carboxylic acids is 1. The SMILES string of the molecule is CC(C)(C)CC(=O)c1cc2cccc(N)c2[nH]1. The first-order chi connectivity index (χ1) is 7.87. The van der Waals surface area contributed by atoms with Crippen LogP contribution in [0.3, 0.4) is 0 Å². The van der Waals surface area contributed by atoms with Crippen molar-refractivity contribution in [3.63, 3.8) is 0 Å². The van der Waals surface area contributed by atoms with Crippen LogP contribution < -0.4 is 5.73 Å². The third-order valence-corrected chi connectivity index (χ3v) is 2.68. The maximum Gasteiger partial charge on any atom is 0.179 e. The van der Waals surface area contributed by atoms with Crippen molar-refractivity contribution in [2.24, 2.45) is 5.41 Å². The van der Waals surface area contributed by atoms with Crippen molar-refractivity contribution in [2.75, 3.05) is 5.73 Å². The van der Waals surface area contributed by atoms with Crippen LogP contribution in [-0.2, 0) is 0 Å². The molecule has 0 bridgehead atoms. The molecule has 0 aliphatic carbocycles. The van der Waals surface area contributed by atoms with E-state index in [1.807, 2.05) is 24.3 Å². The van der Waals surface area contributed by atoms with E-state index in [0.29, 0.717) is 17.8 Å². The number of anilines is 1. The van der Waals surface area contributed by atoms with Crippen molar-refractivity contribution in [3.8, 4) is 0 Å². The molecule has 3 nitrogen and oxygen atoms in total. The number of H-pyrrole nitrogens is 1. The zero-order valence-electron chi connectivity index (χ0n) is 10.5. The molecule has 17 heavy (non-hydrogen) atoms. The fraction of sp³-hybridized carbons (Fsp3) is 0.357. The number of fused-ring (bicyclic) bond motifs is 1. The molecule has 3 N–H and O–H groups in total. The molecule has 0 radical (unpaired) electrons. The van der Waals surface area contributed by atoms with Crippen LogP contribution in [0.5, 0.6) is 0 Å². The summed E-state index contributed by atoms with van der Waals surface area (Å²) in [6, 6.07) is 7.55. The van der Waals surface area contributed by atoms with Gasteiger partial charge >= 0.3 is 0 Å². The topological polar surface area (TPSA) is 58.9 Å². The lowest BCUT2D eigenvalue weighted by Gasteiger charge is -2.15. The van der Waals surface area contributed by atoms with Crippen LogP contribution in [0, 0.1) is 5.41 Å². The van der Waals surface area contributed by atoms with E-state index in [-0.39, 0.29) is 11.2 Å². The Morgan fingerprint density at radius 2 is 2.06 bits per heavy atom. The highest BCUT2D eigenvalue weighted by molar-refractivity contribution is 6.02. The lowest BCUT2D eigenvalue weighted by atomic mass is 9.89. The smallest absolute Gasteiger partial charge is 0.179 e. The standard InChI is InChI=1S/C14H18N2O/c1-14(2,3)8-12(17)11-7-9-5-4-6-10(15)13(9)16-11/h4-7,16H,8,15H2,1-3H3. The van der Waals surface area contributed by atoms with Gasteiger partial charge in [-0.2, -0.15) is 0 Å². The van der Waals surface area contributed by atoms with Crippen LogP contribution in [0.4, 0.5) is 5.69 Å². The Morgan fingerprint density at radius 3 is 2.65 bits per heavy atom. The zero-order valence-corrected chi connectivity index (χ0v) is 10.5. The second-order valence-electron chi connectivity index (χ2n) is 5.66. The molecular formula is C14H18N2O. The molecule has 2 aromatic rings. The van der Waals surface area contributed by atoms with Gasteiger partial charge in [0, 0.05) is 11.8 Å². The molecule has 1 aromatic heterocycles. The Balaban J connectivity index is 2.37. The molecule has 0 fully saturated rings. The molecule has 0 atom stereocenters. The minimum absolute atomic E-state index is 0.0000769. The summed E-state index contributed by atoms with van der Waals surface area (Å²) in [6.07, 6.45) is 0.528. The summed E-state index contributed by atoms with van der Waals surface area (Å²) in [7, 11) is 0. The van der Waals surface area contributed by atoms with Gasteiger partial charge in [-0.05, 0) is 17.5 Å². The van der Waals surface area contributed by atoms with Crippen molar-refractivity contribution in [3.05, 3.63) is 30.0 Å². The summed E-state index contributed by atoms with van der Waals surface area (Å²) in [5.74, 6) is 0.133. The number of aromatic nitrogens is 1. The molecule has 0 aliphatic heterocycles. The normalized spacial score (nSPS) is 11.9. The summed E-state index contributed by atoms with van der Waals surface area (Å²) >= 11 is 0. The monoisotopic (exact) mass is 230 g/mol. The van der Waals surface area contributed by atoms with Crippen LogP contribution in [0.25, 0.3) is 10.9 Å². The van der Waals surface area contributed by atoms with Crippen LogP contribution in [0.2, 0.25) is 0 Å². The summed E-state index contributed by atoms with van der Waals surface area (Å²) in [6.45, 7) is 6.17. The van der Waals surface area contributed by atoms with Gasteiger partial charge in [0.05, 0.1) is 16.9 Å². The summed E-state index contributed by atoms with van der Waals surface area (Å²) < 4.78 is 0. The zero-order chi connectivity index (χ0) is 12.6. The van der Waals surface area contributed by atoms with Gasteiger partial charge in [0.15, 0.2) is 5.78 Å². The van der Waals surface area contributed by atoms with Crippen molar-refractivity contribution in [2.45, 2.75) is 27.2 Å². The van der Waals surface area contributed by atoms with Crippen molar-refractivity contribution in [1.82, 2.24) is 4.98 Å². The van der Waals surface area contributed by atoms with Gasteiger partial charge in [0.2, 0.25) is 0 Å². The number of carbonyl (C=O) groups is 1. The number of hydrogen-bond donors (Lipinski definition) is 2. The molecule has 0 amide bonds. The Morgan fingerprint density at radius 1 is 1.35 bits per heavy atom. The summed E-state index contributed by atoms with van der Waals surface area (Å²) in [4.78, 5) is 15.2. The highest BCUT2D eigenvalue weighted by atomic mass is 16.1. The molecule has 0 saturated heterocycles. The van der Waals surface area contributed by atoms with Crippen LogP contribution in [0.15, 0.2) is 24.3 Å². The average molecular weight is 230 g/mol. The summed E-state index contributed by atoms with van der Waals surface area (Å²) in [5.41, 5.74) is 8.03. The summed E-state index contributed by atoms with van der Waals surface area (Å²) in [5, 5.41) is 0.988. The number of nitrogens with one attached hydrogen (secondary N) is 1. The van der Waals surface area contributed by atoms with Gasteiger partial charge in [-0.1, -0.05) is 32.9 Å². The fourth-order valence-corrected chi connectivity index (χ4v) is 1.91. The maximum atomic E-state index is 12.1. The van der Waals surface area contributed by atoms with E-state index in [4.69, 9.17) is 5.73 Å². The lowest BCUT2D eigenvalue weighted by Crippen LogP contribution is -2.13. The molecule has 3 heteroatoms. The van der Waals surface area contributed by atoms with E-state index in [1.165, 1.54) is 0 Å². The Kier molecular flexibility index (Phi) is 2.69. The molecule has 0 aliphatic rings. The fourth-order valence-electron chi connectivity index (χ4n) is 1.91.